The van der Waals surface area contributed by atoms with Crippen LogP contribution in [-0.4, -0.2) is 41.1 Å². The molecule has 1 unspecified atom stereocenters. The summed E-state index contributed by atoms with van der Waals surface area (Å²) in [5.74, 6) is 0.240. The van der Waals surface area contributed by atoms with Crippen molar-refractivity contribution in [1.82, 2.24) is 4.90 Å². The third-order valence-electron chi connectivity index (χ3n) is 3.61. The van der Waals surface area contributed by atoms with Gasteiger partial charge in [-0.1, -0.05) is 12.2 Å². The highest BCUT2D eigenvalue weighted by molar-refractivity contribution is 7.80. The molecular formula is C13H22N2O2S. The summed E-state index contributed by atoms with van der Waals surface area (Å²) in [5, 5.41) is 0. The molecule has 1 heterocycles. The molecule has 1 atom stereocenters. The maximum atomic E-state index is 12.2. The number of carbonyl (C=O) groups excluding carboxylic acids is 1. The smallest absolute Gasteiger partial charge is 0.222 e. The molecule has 102 valence electrons. The lowest BCUT2D eigenvalue weighted by atomic mass is 10.1. The van der Waals surface area contributed by atoms with Crippen LogP contribution < -0.4 is 5.73 Å². The number of hydrogen-bond acceptors (Lipinski definition) is 3. The van der Waals surface area contributed by atoms with E-state index in [2.05, 4.69) is 0 Å². The molecule has 1 saturated carbocycles. The van der Waals surface area contributed by atoms with Crippen LogP contribution in [-0.2, 0) is 9.53 Å². The summed E-state index contributed by atoms with van der Waals surface area (Å²) in [4.78, 5) is 14.6. The molecule has 2 rings (SSSR count). The van der Waals surface area contributed by atoms with Gasteiger partial charge in [0.05, 0.1) is 11.1 Å². The number of nitrogens with two attached hydrogens (primary N) is 1. The van der Waals surface area contributed by atoms with Crippen molar-refractivity contribution in [2.24, 2.45) is 5.73 Å². The van der Waals surface area contributed by atoms with Gasteiger partial charge in [0.25, 0.3) is 0 Å². The Morgan fingerprint density at radius 1 is 1.33 bits per heavy atom. The van der Waals surface area contributed by atoms with Gasteiger partial charge in [0.1, 0.15) is 0 Å². The van der Waals surface area contributed by atoms with E-state index in [1.165, 1.54) is 0 Å². The van der Waals surface area contributed by atoms with Crippen LogP contribution in [0.1, 0.15) is 44.9 Å². The van der Waals surface area contributed by atoms with Crippen LogP contribution in [0, 0.1) is 0 Å². The van der Waals surface area contributed by atoms with Crippen LogP contribution in [0.5, 0.6) is 0 Å². The van der Waals surface area contributed by atoms with Gasteiger partial charge in [-0.2, -0.15) is 0 Å². The fourth-order valence-electron chi connectivity index (χ4n) is 2.43. The quantitative estimate of drug-likeness (QED) is 0.714. The molecule has 2 fully saturated rings. The molecule has 2 N–H and O–H groups in total. The van der Waals surface area contributed by atoms with Crippen molar-refractivity contribution >= 4 is 23.1 Å². The molecule has 5 heteroatoms. The summed E-state index contributed by atoms with van der Waals surface area (Å²) >= 11 is 4.88. The number of carbonyl (C=O) groups is 1. The Balaban J connectivity index is 1.74. The molecule has 0 aromatic carbocycles. The zero-order valence-electron chi connectivity index (χ0n) is 10.8. The van der Waals surface area contributed by atoms with Gasteiger partial charge < -0.3 is 15.4 Å². The van der Waals surface area contributed by atoms with Crippen molar-refractivity contribution in [3.63, 3.8) is 0 Å². The van der Waals surface area contributed by atoms with Crippen molar-refractivity contribution in [3.8, 4) is 0 Å². The highest BCUT2D eigenvalue weighted by Crippen LogP contribution is 2.28. The number of nitrogens with zero attached hydrogens (tertiary/aromatic N) is 1. The average molecular weight is 270 g/mol. The van der Waals surface area contributed by atoms with E-state index in [4.69, 9.17) is 22.7 Å². The molecule has 0 spiro atoms. The zero-order chi connectivity index (χ0) is 13.0. The molecule has 2 aliphatic rings. The maximum absolute atomic E-state index is 12.2. The van der Waals surface area contributed by atoms with Gasteiger partial charge in [-0.15, -0.1) is 0 Å². The molecule has 0 radical (unpaired) electrons. The van der Waals surface area contributed by atoms with Crippen LogP contribution in [0.25, 0.3) is 0 Å². The first-order valence-electron chi connectivity index (χ1n) is 6.86. The fraction of sp³-hybridized carbons (Fsp3) is 0.846. The number of amides is 1. The summed E-state index contributed by atoms with van der Waals surface area (Å²) in [6, 6.07) is 0.441. The van der Waals surface area contributed by atoms with Gasteiger partial charge >= 0.3 is 0 Å². The summed E-state index contributed by atoms with van der Waals surface area (Å²) in [6.45, 7) is 1.54. The fourth-order valence-corrected chi connectivity index (χ4v) is 2.52. The number of thiocarbonyl (C=S) groups is 1. The molecule has 4 nitrogen and oxygen atoms in total. The van der Waals surface area contributed by atoms with E-state index >= 15 is 0 Å². The first-order valence-corrected chi connectivity index (χ1v) is 7.27. The SMILES string of the molecule is NC(=S)CCN(C(=O)CCC1CCCO1)C1CC1. The minimum absolute atomic E-state index is 0.240. The molecule has 0 aromatic heterocycles. The Hall–Kier alpha value is -0.680. The van der Waals surface area contributed by atoms with Crippen molar-refractivity contribution in [2.45, 2.75) is 57.1 Å². The van der Waals surface area contributed by atoms with Gasteiger partial charge in [0, 0.05) is 32.0 Å². The monoisotopic (exact) mass is 270 g/mol. The molecule has 1 amide bonds. The number of rotatable bonds is 7. The largest absolute Gasteiger partial charge is 0.393 e. The first kappa shape index (κ1) is 13.7. The van der Waals surface area contributed by atoms with E-state index in [-0.39, 0.29) is 5.91 Å². The third kappa shape index (κ3) is 4.21. The minimum Gasteiger partial charge on any atom is -0.393 e. The summed E-state index contributed by atoms with van der Waals surface area (Å²) < 4.78 is 5.55. The Bertz CT molecular complexity index is 312. The normalized spacial score (nSPS) is 23.0. The van der Waals surface area contributed by atoms with Crippen LogP contribution in [0.4, 0.5) is 0 Å². The molecule has 0 aromatic rings. The molecule has 1 saturated heterocycles. The lowest BCUT2D eigenvalue weighted by Crippen LogP contribution is -2.35. The average Bonchev–Trinajstić information content (AvgIpc) is 3.03. The molecule has 1 aliphatic heterocycles. The predicted octanol–water partition coefficient (Wildman–Crippen LogP) is 1.61. The van der Waals surface area contributed by atoms with E-state index in [9.17, 15) is 4.79 Å². The Morgan fingerprint density at radius 2 is 2.11 bits per heavy atom. The van der Waals surface area contributed by atoms with Gasteiger partial charge in [-0.05, 0) is 32.1 Å². The summed E-state index contributed by atoms with van der Waals surface area (Å²) in [5.41, 5.74) is 5.51. The Kier molecular flexibility index (Phi) is 4.95. The zero-order valence-corrected chi connectivity index (χ0v) is 11.6. The maximum Gasteiger partial charge on any atom is 0.222 e. The van der Waals surface area contributed by atoms with Gasteiger partial charge in [0.2, 0.25) is 5.91 Å². The standard InChI is InChI=1S/C13H22N2O2S/c14-12(18)7-8-15(10-3-4-10)13(16)6-5-11-2-1-9-17-11/h10-11H,1-9H2,(H2,14,18). The minimum atomic E-state index is 0.240. The number of hydrogen-bond donors (Lipinski definition) is 1. The Labute approximate surface area is 114 Å². The van der Waals surface area contributed by atoms with E-state index in [0.29, 0.717) is 36.5 Å². The second-order valence-electron chi connectivity index (χ2n) is 5.21. The molecule has 0 bridgehead atoms. The lowest BCUT2D eigenvalue weighted by molar-refractivity contribution is -0.132. The predicted molar refractivity (Wildman–Crippen MR) is 74.3 cm³/mol. The lowest BCUT2D eigenvalue weighted by Gasteiger charge is -2.23. The first-order chi connectivity index (χ1) is 8.66. The van der Waals surface area contributed by atoms with E-state index in [1.807, 2.05) is 4.90 Å². The van der Waals surface area contributed by atoms with Crippen LogP contribution in [0.3, 0.4) is 0 Å². The summed E-state index contributed by atoms with van der Waals surface area (Å²) in [6.07, 6.45) is 6.87. The Morgan fingerprint density at radius 3 is 2.67 bits per heavy atom. The highest BCUT2D eigenvalue weighted by atomic mass is 32.1. The second-order valence-corrected chi connectivity index (χ2v) is 5.73. The van der Waals surface area contributed by atoms with Crippen LogP contribution in [0.2, 0.25) is 0 Å². The van der Waals surface area contributed by atoms with Crippen molar-refractivity contribution in [2.75, 3.05) is 13.2 Å². The second kappa shape index (κ2) is 6.48. The molecular weight excluding hydrogens is 248 g/mol. The van der Waals surface area contributed by atoms with Crippen LogP contribution >= 0.6 is 12.2 Å². The van der Waals surface area contributed by atoms with Crippen molar-refractivity contribution < 1.29 is 9.53 Å². The van der Waals surface area contributed by atoms with Gasteiger partial charge in [-0.3, -0.25) is 4.79 Å². The van der Waals surface area contributed by atoms with Crippen molar-refractivity contribution in [1.29, 1.82) is 0 Å². The van der Waals surface area contributed by atoms with Crippen LogP contribution in [0.15, 0.2) is 0 Å². The number of ether oxygens (including phenoxy) is 1. The van der Waals surface area contributed by atoms with Gasteiger partial charge in [-0.25, -0.2) is 0 Å². The van der Waals surface area contributed by atoms with E-state index < -0.39 is 0 Å². The van der Waals surface area contributed by atoms with Gasteiger partial charge in [0.15, 0.2) is 0 Å². The van der Waals surface area contributed by atoms with E-state index in [1.54, 1.807) is 0 Å². The molecule has 18 heavy (non-hydrogen) atoms. The highest BCUT2D eigenvalue weighted by Gasteiger charge is 2.32. The summed E-state index contributed by atoms with van der Waals surface area (Å²) in [7, 11) is 0. The third-order valence-corrected chi connectivity index (χ3v) is 3.82. The topological polar surface area (TPSA) is 55.6 Å². The molecule has 1 aliphatic carbocycles. The van der Waals surface area contributed by atoms with E-state index in [0.717, 1.165) is 38.7 Å². The van der Waals surface area contributed by atoms with Crippen molar-refractivity contribution in [3.05, 3.63) is 0 Å².